The first kappa shape index (κ1) is 36.4. The molecule has 0 saturated carbocycles. The van der Waals surface area contributed by atoms with Gasteiger partial charge in [0.15, 0.2) is 5.96 Å². The minimum atomic E-state index is -1.11. The Kier molecular flexibility index (Phi) is 16.2. The lowest BCUT2D eigenvalue weighted by Crippen LogP contribution is -2.59. The maximum absolute atomic E-state index is 14.0. The normalized spacial score (nSPS) is 18.5. The molecule has 1 aromatic carbocycles. The maximum Gasteiger partial charge on any atom is 0.326 e. The van der Waals surface area contributed by atoms with Crippen molar-refractivity contribution in [1.29, 1.82) is 0 Å². The summed E-state index contributed by atoms with van der Waals surface area (Å²) in [6, 6.07) is 6.12. The smallest absolute Gasteiger partial charge is 0.326 e. The third-order valence-corrected chi connectivity index (χ3v) is 7.75. The summed E-state index contributed by atoms with van der Waals surface area (Å²) in [5, 5.41) is 15.0. The monoisotopic (exact) mass is 618 g/mol. The molecule has 14 heteroatoms. The van der Waals surface area contributed by atoms with Gasteiger partial charge in [0, 0.05) is 26.6 Å². The first-order valence-corrected chi connectivity index (χ1v) is 15.3. The second kappa shape index (κ2) is 19.5. The number of aliphatic carboxylic acids is 1. The van der Waals surface area contributed by atoms with Gasteiger partial charge in [0.05, 0.1) is 18.2 Å². The van der Waals surface area contributed by atoms with E-state index in [9.17, 15) is 24.3 Å². The van der Waals surface area contributed by atoms with E-state index >= 15 is 0 Å². The molecule has 1 aliphatic heterocycles. The van der Waals surface area contributed by atoms with Gasteiger partial charge in [-0.25, -0.2) is 4.79 Å². The van der Waals surface area contributed by atoms with Gasteiger partial charge in [0.2, 0.25) is 17.7 Å². The van der Waals surface area contributed by atoms with Gasteiger partial charge in [0.25, 0.3) is 0 Å². The van der Waals surface area contributed by atoms with Crippen LogP contribution < -0.4 is 33.6 Å². The zero-order chi connectivity index (χ0) is 32.5. The van der Waals surface area contributed by atoms with Crippen LogP contribution in [0.5, 0.6) is 0 Å². The molecule has 246 valence electrons. The van der Waals surface area contributed by atoms with Gasteiger partial charge >= 0.3 is 5.97 Å². The summed E-state index contributed by atoms with van der Waals surface area (Å²) >= 11 is 0. The van der Waals surface area contributed by atoms with Crippen molar-refractivity contribution in [2.24, 2.45) is 27.9 Å². The number of nitrogens with two attached hydrogens (primary N) is 4. The minimum absolute atomic E-state index is 0.00155. The molecule has 0 aliphatic carbocycles. The molecule has 5 atom stereocenters. The molecule has 1 heterocycles. The molecule has 0 bridgehead atoms. The number of nitrogens with zero attached hydrogens (tertiary/aromatic N) is 2. The molecule has 0 radical (unpaired) electrons. The average molecular weight is 619 g/mol. The molecular formula is C30H50N8O6. The Morgan fingerprint density at radius 3 is 2.41 bits per heavy atom. The molecule has 0 aromatic heterocycles. The van der Waals surface area contributed by atoms with Crippen LogP contribution in [0.2, 0.25) is 0 Å². The zero-order valence-electron chi connectivity index (χ0n) is 25.7. The first-order valence-electron chi connectivity index (χ1n) is 15.3. The zero-order valence-corrected chi connectivity index (χ0v) is 25.7. The van der Waals surface area contributed by atoms with Gasteiger partial charge in [-0.2, -0.15) is 0 Å². The SMILES string of the molecule is CO[C@@H]1CCCN(C(=O)[C@H](CCCN=C(N)N)NC(=O)[C@@H](N)Cc2ccccc2)[C@@H]1CCC(=O)N[C@@H](CCCCN)C(=O)O. The van der Waals surface area contributed by atoms with Crippen molar-refractivity contribution in [3.05, 3.63) is 35.9 Å². The third kappa shape index (κ3) is 12.5. The number of rotatable bonds is 19. The van der Waals surface area contributed by atoms with Crippen LogP contribution in [-0.4, -0.2) is 96.7 Å². The van der Waals surface area contributed by atoms with E-state index in [1.165, 1.54) is 0 Å². The molecule has 44 heavy (non-hydrogen) atoms. The number of benzene rings is 1. The number of likely N-dealkylation sites (tertiary alicyclic amines) is 1. The van der Waals surface area contributed by atoms with Crippen molar-refractivity contribution in [1.82, 2.24) is 15.5 Å². The van der Waals surface area contributed by atoms with Crippen molar-refractivity contribution < 1.29 is 29.0 Å². The van der Waals surface area contributed by atoms with Crippen LogP contribution in [0, 0.1) is 0 Å². The number of hydrogen-bond donors (Lipinski definition) is 7. The van der Waals surface area contributed by atoms with Gasteiger partial charge < -0.3 is 48.3 Å². The fourth-order valence-electron chi connectivity index (χ4n) is 5.41. The van der Waals surface area contributed by atoms with Gasteiger partial charge in [-0.15, -0.1) is 0 Å². The first-order chi connectivity index (χ1) is 21.1. The summed E-state index contributed by atoms with van der Waals surface area (Å²) in [6.07, 6.45) is 3.81. The molecule has 1 saturated heterocycles. The number of carbonyl (C=O) groups is 4. The number of carboxylic acids is 1. The third-order valence-electron chi connectivity index (χ3n) is 7.75. The molecule has 2 rings (SSSR count). The lowest BCUT2D eigenvalue weighted by molar-refractivity contribution is -0.145. The van der Waals surface area contributed by atoms with Crippen molar-refractivity contribution in [2.75, 3.05) is 26.7 Å². The molecular weight excluding hydrogens is 568 g/mol. The van der Waals surface area contributed by atoms with Crippen LogP contribution >= 0.6 is 0 Å². The number of nitrogens with one attached hydrogen (secondary N) is 2. The molecule has 0 unspecified atom stereocenters. The highest BCUT2D eigenvalue weighted by atomic mass is 16.5. The van der Waals surface area contributed by atoms with E-state index in [0.29, 0.717) is 51.6 Å². The fraction of sp³-hybridized carbons (Fsp3) is 0.633. The number of carboxylic acid groups (broad SMARTS) is 1. The summed E-state index contributed by atoms with van der Waals surface area (Å²) in [6.45, 7) is 1.13. The minimum Gasteiger partial charge on any atom is -0.480 e. The van der Waals surface area contributed by atoms with Crippen LogP contribution in [-0.2, 0) is 30.3 Å². The van der Waals surface area contributed by atoms with Crippen molar-refractivity contribution in [3.63, 3.8) is 0 Å². The van der Waals surface area contributed by atoms with E-state index in [0.717, 1.165) is 5.56 Å². The number of carbonyl (C=O) groups excluding carboxylic acids is 3. The lowest BCUT2D eigenvalue weighted by atomic mass is 9.93. The van der Waals surface area contributed by atoms with Crippen LogP contribution in [0.25, 0.3) is 0 Å². The van der Waals surface area contributed by atoms with Crippen molar-refractivity contribution in [2.45, 2.75) is 94.5 Å². The Balaban J connectivity index is 2.15. The second-order valence-electron chi connectivity index (χ2n) is 11.1. The predicted octanol–water partition coefficient (Wildman–Crippen LogP) is -0.421. The van der Waals surface area contributed by atoms with Crippen molar-refractivity contribution in [3.8, 4) is 0 Å². The average Bonchev–Trinajstić information content (AvgIpc) is 3.00. The van der Waals surface area contributed by atoms with E-state index in [-0.39, 0.29) is 50.2 Å². The van der Waals surface area contributed by atoms with E-state index in [2.05, 4.69) is 15.6 Å². The predicted molar refractivity (Wildman–Crippen MR) is 167 cm³/mol. The number of aliphatic imine (C=N–C) groups is 1. The molecule has 0 spiro atoms. The van der Waals surface area contributed by atoms with Gasteiger partial charge in [-0.3, -0.25) is 19.4 Å². The second-order valence-corrected chi connectivity index (χ2v) is 11.1. The quantitative estimate of drug-likeness (QED) is 0.0600. The number of hydrogen-bond acceptors (Lipinski definition) is 8. The number of methoxy groups -OCH3 is 1. The van der Waals surface area contributed by atoms with Gasteiger partial charge in [-0.1, -0.05) is 30.3 Å². The Hall–Kier alpha value is -3.75. The summed E-state index contributed by atoms with van der Waals surface area (Å²) in [5.74, 6) is -2.37. The van der Waals surface area contributed by atoms with E-state index in [1.807, 2.05) is 30.3 Å². The van der Waals surface area contributed by atoms with Crippen LogP contribution in [0.3, 0.4) is 0 Å². The fourth-order valence-corrected chi connectivity index (χ4v) is 5.41. The standard InChI is InChI=1S/C30H50N8O6/c1-44-25-13-8-18-38(24(25)14-15-26(39)36-23(29(42)43)11-5-6-16-31)28(41)22(12-7-17-35-30(33)34)37-27(40)21(32)19-20-9-3-2-4-10-20/h2-4,9-10,21-25H,5-8,11-19,31-32H2,1H3,(H,36,39)(H,37,40)(H,42,43)(H4,33,34,35)/t21-,22-,23-,24+,25+/m0/s1. The molecule has 1 aliphatic rings. The van der Waals surface area contributed by atoms with E-state index in [4.69, 9.17) is 27.7 Å². The highest BCUT2D eigenvalue weighted by Crippen LogP contribution is 2.25. The van der Waals surface area contributed by atoms with E-state index < -0.39 is 42.0 Å². The summed E-state index contributed by atoms with van der Waals surface area (Å²) < 4.78 is 5.71. The van der Waals surface area contributed by atoms with Gasteiger partial charge in [0.1, 0.15) is 12.1 Å². The number of unbranched alkanes of at least 4 members (excludes halogenated alkanes) is 1. The number of amides is 3. The molecule has 1 fully saturated rings. The largest absolute Gasteiger partial charge is 0.480 e. The Bertz CT molecular complexity index is 1080. The van der Waals surface area contributed by atoms with E-state index in [1.54, 1.807) is 12.0 Å². The topological polar surface area (TPSA) is 241 Å². The summed E-state index contributed by atoms with van der Waals surface area (Å²) in [4.78, 5) is 57.2. The van der Waals surface area contributed by atoms with Crippen molar-refractivity contribution >= 4 is 29.7 Å². The Labute approximate surface area is 259 Å². The number of piperidine rings is 1. The Morgan fingerprint density at radius 1 is 1.07 bits per heavy atom. The van der Waals surface area contributed by atoms with Gasteiger partial charge in [-0.05, 0) is 69.9 Å². The summed E-state index contributed by atoms with van der Waals surface area (Å²) in [5.41, 5.74) is 23.5. The highest BCUT2D eigenvalue weighted by molar-refractivity contribution is 5.90. The summed E-state index contributed by atoms with van der Waals surface area (Å²) in [7, 11) is 1.56. The van der Waals surface area contributed by atoms with Crippen LogP contribution in [0.15, 0.2) is 35.3 Å². The number of ether oxygens (including phenoxy) is 1. The molecule has 1 aromatic rings. The molecule has 14 nitrogen and oxygen atoms in total. The highest BCUT2D eigenvalue weighted by Gasteiger charge is 2.38. The lowest BCUT2D eigenvalue weighted by Gasteiger charge is -2.42. The van der Waals surface area contributed by atoms with Crippen LogP contribution in [0.1, 0.15) is 63.4 Å². The maximum atomic E-state index is 14.0. The molecule has 11 N–H and O–H groups in total. The Morgan fingerprint density at radius 2 is 1.77 bits per heavy atom. The van der Waals surface area contributed by atoms with Crippen LogP contribution in [0.4, 0.5) is 0 Å². The molecule has 3 amide bonds. The number of guanidine groups is 1.